The molecule has 1 N–H and O–H groups in total. The predicted molar refractivity (Wildman–Crippen MR) is 116 cm³/mol. The molecular weight excluding hydrogens is 459 g/mol. The summed E-state index contributed by atoms with van der Waals surface area (Å²) in [6.45, 7) is 1.62. The van der Waals surface area contributed by atoms with Gasteiger partial charge in [0.15, 0.2) is 0 Å². The van der Waals surface area contributed by atoms with Gasteiger partial charge in [-0.25, -0.2) is 9.69 Å². The summed E-state index contributed by atoms with van der Waals surface area (Å²) in [7, 11) is 0. The van der Waals surface area contributed by atoms with Gasteiger partial charge < -0.3 is 4.57 Å². The fourth-order valence-electron chi connectivity index (χ4n) is 3.44. The quantitative estimate of drug-likeness (QED) is 0.424. The number of alkyl halides is 3. The minimum Gasteiger partial charge on any atom is -0.317 e. The van der Waals surface area contributed by atoms with Crippen molar-refractivity contribution in [2.24, 2.45) is 0 Å². The number of carbonyl (C=O) groups excluding carboxylic acids is 3. The van der Waals surface area contributed by atoms with Gasteiger partial charge in [0.2, 0.25) is 0 Å². The van der Waals surface area contributed by atoms with Crippen LogP contribution >= 0.6 is 11.6 Å². The summed E-state index contributed by atoms with van der Waals surface area (Å²) in [5.74, 6) is -1.80. The molecule has 1 aliphatic rings. The second-order valence-electron chi connectivity index (χ2n) is 7.19. The summed E-state index contributed by atoms with van der Waals surface area (Å²) in [6, 6.07) is 11.4. The van der Waals surface area contributed by atoms with E-state index in [1.54, 1.807) is 25.1 Å². The zero-order valence-electron chi connectivity index (χ0n) is 17.0. The van der Waals surface area contributed by atoms with Gasteiger partial charge in [-0.05, 0) is 61.0 Å². The lowest BCUT2D eigenvalue weighted by atomic mass is 10.1. The molecule has 0 bridgehead atoms. The van der Waals surface area contributed by atoms with E-state index in [0.717, 1.165) is 17.0 Å². The van der Waals surface area contributed by atoms with Crippen LogP contribution in [-0.4, -0.2) is 22.4 Å². The third-order valence-corrected chi connectivity index (χ3v) is 5.52. The normalized spacial score (nSPS) is 15.8. The van der Waals surface area contributed by atoms with Crippen molar-refractivity contribution in [1.29, 1.82) is 0 Å². The Bertz CT molecular complexity index is 1330. The predicted octanol–water partition coefficient (Wildman–Crippen LogP) is 5.12. The smallest absolute Gasteiger partial charge is 0.317 e. The van der Waals surface area contributed by atoms with Crippen LogP contribution in [0.2, 0.25) is 5.02 Å². The molecule has 0 unspecified atom stereocenters. The minimum absolute atomic E-state index is 0.184. The first-order chi connectivity index (χ1) is 15.6. The Morgan fingerprint density at radius 3 is 2.45 bits per heavy atom. The highest BCUT2D eigenvalue weighted by atomic mass is 35.5. The molecule has 2 heterocycles. The molecule has 3 aromatic rings. The SMILES string of the molecule is Cc1c(Cl)cccc1N1C(=O)NC(=O)/C(=C\c2cccn2-c2cccc(C(F)(F)F)c2)C1=O. The van der Waals surface area contributed by atoms with Crippen molar-refractivity contribution >= 4 is 41.2 Å². The number of rotatable bonds is 3. The number of nitrogens with zero attached hydrogens (tertiary/aromatic N) is 2. The number of aromatic nitrogens is 1. The van der Waals surface area contributed by atoms with E-state index in [9.17, 15) is 27.6 Å². The lowest BCUT2D eigenvalue weighted by Crippen LogP contribution is -2.54. The monoisotopic (exact) mass is 473 g/mol. The van der Waals surface area contributed by atoms with Crippen molar-refractivity contribution in [1.82, 2.24) is 9.88 Å². The second-order valence-corrected chi connectivity index (χ2v) is 7.60. The molecule has 0 saturated carbocycles. The van der Waals surface area contributed by atoms with Crippen LogP contribution in [0.4, 0.5) is 23.7 Å². The van der Waals surface area contributed by atoms with Crippen LogP contribution in [-0.2, 0) is 15.8 Å². The zero-order chi connectivity index (χ0) is 23.9. The average Bonchev–Trinajstić information content (AvgIpc) is 3.22. The summed E-state index contributed by atoms with van der Waals surface area (Å²) in [6.07, 6.45) is -1.81. The minimum atomic E-state index is -4.53. The molecule has 4 amide bonds. The van der Waals surface area contributed by atoms with Crippen molar-refractivity contribution in [3.05, 3.63) is 88.2 Å². The van der Waals surface area contributed by atoms with Gasteiger partial charge in [0, 0.05) is 22.6 Å². The lowest BCUT2D eigenvalue weighted by Gasteiger charge is -2.27. The van der Waals surface area contributed by atoms with Crippen LogP contribution in [0.5, 0.6) is 0 Å². The molecule has 1 aromatic heterocycles. The fraction of sp³-hybridized carbons (Fsp3) is 0.0870. The molecule has 168 valence electrons. The van der Waals surface area contributed by atoms with Crippen LogP contribution in [0, 0.1) is 6.92 Å². The van der Waals surface area contributed by atoms with Gasteiger partial charge in [0.05, 0.1) is 11.3 Å². The maximum atomic E-state index is 13.1. The van der Waals surface area contributed by atoms with Gasteiger partial charge in [0.25, 0.3) is 11.8 Å². The number of halogens is 4. The van der Waals surface area contributed by atoms with Gasteiger partial charge in [-0.1, -0.05) is 23.7 Å². The first-order valence-corrected chi connectivity index (χ1v) is 9.97. The highest BCUT2D eigenvalue weighted by Gasteiger charge is 2.38. The first-order valence-electron chi connectivity index (χ1n) is 9.59. The molecule has 4 rings (SSSR count). The molecule has 33 heavy (non-hydrogen) atoms. The zero-order valence-corrected chi connectivity index (χ0v) is 17.7. The van der Waals surface area contributed by atoms with E-state index in [1.807, 2.05) is 0 Å². The Morgan fingerprint density at radius 1 is 1.00 bits per heavy atom. The summed E-state index contributed by atoms with van der Waals surface area (Å²) in [5.41, 5.74) is -0.0813. The number of hydrogen-bond acceptors (Lipinski definition) is 3. The Hall–Kier alpha value is -3.85. The Morgan fingerprint density at radius 2 is 1.73 bits per heavy atom. The van der Waals surface area contributed by atoms with E-state index in [1.165, 1.54) is 41.1 Å². The standard InChI is InChI=1S/C23H15ClF3N3O3/c1-13-18(24)8-3-9-19(13)30-21(32)17(20(31)28-22(30)33)12-16-7-4-10-29(16)15-6-2-5-14(11-15)23(25,26)27/h2-12H,1H3,(H,28,31,33)/b17-12+. The molecule has 1 fully saturated rings. The molecule has 0 aliphatic carbocycles. The van der Waals surface area contributed by atoms with Gasteiger partial charge in [-0.15, -0.1) is 0 Å². The molecule has 10 heteroatoms. The summed E-state index contributed by atoms with van der Waals surface area (Å²) in [5, 5.41) is 2.44. The van der Waals surface area contributed by atoms with Crippen LogP contribution in [0.25, 0.3) is 11.8 Å². The van der Waals surface area contributed by atoms with Crippen LogP contribution < -0.4 is 10.2 Å². The number of nitrogens with one attached hydrogen (secondary N) is 1. The molecule has 0 spiro atoms. The highest BCUT2D eigenvalue weighted by Crippen LogP contribution is 2.32. The molecule has 2 aromatic carbocycles. The third kappa shape index (κ3) is 4.14. The largest absolute Gasteiger partial charge is 0.416 e. The Balaban J connectivity index is 1.77. The Kier molecular flexibility index (Phi) is 5.59. The maximum absolute atomic E-state index is 13.1. The summed E-state index contributed by atoms with van der Waals surface area (Å²) < 4.78 is 40.8. The number of amides is 4. The number of imide groups is 2. The average molecular weight is 474 g/mol. The number of carbonyl (C=O) groups is 3. The fourth-order valence-corrected chi connectivity index (χ4v) is 3.61. The number of barbiturate groups is 1. The molecule has 1 aliphatic heterocycles. The van der Waals surface area contributed by atoms with Crippen LogP contribution in [0.3, 0.4) is 0 Å². The second kappa shape index (κ2) is 8.25. The van der Waals surface area contributed by atoms with E-state index >= 15 is 0 Å². The van der Waals surface area contributed by atoms with Crippen LogP contribution in [0.1, 0.15) is 16.8 Å². The van der Waals surface area contributed by atoms with E-state index in [0.29, 0.717) is 10.6 Å². The van der Waals surface area contributed by atoms with Gasteiger partial charge in [-0.2, -0.15) is 13.2 Å². The highest BCUT2D eigenvalue weighted by molar-refractivity contribution is 6.39. The number of urea groups is 1. The molecule has 1 saturated heterocycles. The van der Waals surface area contributed by atoms with E-state index in [4.69, 9.17) is 11.6 Å². The summed E-state index contributed by atoms with van der Waals surface area (Å²) >= 11 is 6.11. The lowest BCUT2D eigenvalue weighted by molar-refractivity contribution is -0.137. The summed E-state index contributed by atoms with van der Waals surface area (Å²) in [4.78, 5) is 38.9. The van der Waals surface area contributed by atoms with Crippen molar-refractivity contribution in [3.8, 4) is 5.69 Å². The number of hydrogen-bond donors (Lipinski definition) is 1. The third-order valence-electron chi connectivity index (χ3n) is 5.11. The topological polar surface area (TPSA) is 71.4 Å². The van der Waals surface area contributed by atoms with Gasteiger partial charge in [0.1, 0.15) is 5.57 Å². The maximum Gasteiger partial charge on any atom is 0.416 e. The molecule has 0 radical (unpaired) electrons. The van der Waals surface area contributed by atoms with Gasteiger partial charge in [-0.3, -0.25) is 14.9 Å². The van der Waals surface area contributed by atoms with Crippen molar-refractivity contribution in [2.75, 3.05) is 4.90 Å². The van der Waals surface area contributed by atoms with Crippen molar-refractivity contribution in [3.63, 3.8) is 0 Å². The Labute approximate surface area is 190 Å². The first kappa shape index (κ1) is 22.3. The molecule has 0 atom stereocenters. The molecular formula is C23H15ClF3N3O3. The number of anilines is 1. The van der Waals surface area contributed by atoms with Crippen molar-refractivity contribution in [2.45, 2.75) is 13.1 Å². The van der Waals surface area contributed by atoms with Gasteiger partial charge >= 0.3 is 12.2 Å². The number of benzene rings is 2. The van der Waals surface area contributed by atoms with Crippen molar-refractivity contribution < 1.29 is 27.6 Å². The van der Waals surface area contributed by atoms with E-state index < -0.39 is 29.6 Å². The van der Waals surface area contributed by atoms with E-state index in [2.05, 4.69) is 5.32 Å². The van der Waals surface area contributed by atoms with Crippen LogP contribution in [0.15, 0.2) is 66.4 Å². The van der Waals surface area contributed by atoms with E-state index in [-0.39, 0.29) is 22.6 Å². The molecule has 6 nitrogen and oxygen atoms in total.